The van der Waals surface area contributed by atoms with Crippen molar-refractivity contribution in [3.05, 3.63) is 53.1 Å². The van der Waals surface area contributed by atoms with E-state index in [9.17, 15) is 17.6 Å². The van der Waals surface area contributed by atoms with Crippen LogP contribution in [0.2, 0.25) is 0 Å². The van der Waals surface area contributed by atoms with Gasteiger partial charge in [0, 0.05) is 18.8 Å². The van der Waals surface area contributed by atoms with Crippen molar-refractivity contribution in [1.82, 2.24) is 15.2 Å². The SMILES string of the molecule is Cn1ccc(C(NN)c2cc(C(F)(F)F)ccc2F)n1. The number of aryl methyl sites for hydroxylation is 1. The third kappa shape index (κ3) is 2.81. The van der Waals surface area contributed by atoms with Gasteiger partial charge in [0.2, 0.25) is 0 Å². The summed E-state index contributed by atoms with van der Waals surface area (Å²) in [6, 6.07) is 2.77. The number of alkyl halides is 3. The molecule has 1 atom stereocenters. The number of hydrogen-bond acceptors (Lipinski definition) is 3. The highest BCUT2D eigenvalue weighted by Gasteiger charge is 2.32. The number of rotatable bonds is 3. The van der Waals surface area contributed by atoms with E-state index in [0.29, 0.717) is 11.8 Å². The molecule has 3 N–H and O–H groups in total. The molecule has 8 heteroatoms. The molecule has 2 aromatic rings. The van der Waals surface area contributed by atoms with Crippen LogP contribution >= 0.6 is 0 Å². The minimum absolute atomic E-state index is 0.207. The molecule has 0 aliphatic rings. The zero-order valence-electron chi connectivity index (χ0n) is 10.4. The van der Waals surface area contributed by atoms with Crippen molar-refractivity contribution >= 4 is 0 Å². The molecule has 0 spiro atoms. The maximum Gasteiger partial charge on any atom is 0.416 e. The standard InChI is InChI=1S/C12H12F4N4/c1-20-5-4-10(19-20)11(18-17)8-6-7(12(14,15)16)2-3-9(8)13/h2-6,11,18H,17H2,1H3. The van der Waals surface area contributed by atoms with Gasteiger partial charge in [-0.1, -0.05) is 0 Å². The van der Waals surface area contributed by atoms with E-state index < -0.39 is 23.6 Å². The van der Waals surface area contributed by atoms with Gasteiger partial charge in [0.15, 0.2) is 0 Å². The molecule has 2 rings (SSSR count). The highest BCUT2D eigenvalue weighted by Crippen LogP contribution is 2.32. The van der Waals surface area contributed by atoms with Gasteiger partial charge in [-0.2, -0.15) is 18.3 Å². The fraction of sp³-hybridized carbons (Fsp3) is 0.250. The predicted octanol–water partition coefficient (Wildman–Crippen LogP) is 2.13. The minimum atomic E-state index is -4.55. The largest absolute Gasteiger partial charge is 0.416 e. The van der Waals surface area contributed by atoms with Crippen LogP contribution in [0, 0.1) is 5.82 Å². The first-order valence-electron chi connectivity index (χ1n) is 5.65. The summed E-state index contributed by atoms with van der Waals surface area (Å²) in [5.41, 5.74) is 1.46. The molecule has 108 valence electrons. The normalized spacial score (nSPS) is 13.5. The highest BCUT2D eigenvalue weighted by molar-refractivity contribution is 5.33. The zero-order valence-corrected chi connectivity index (χ0v) is 10.4. The number of hydrazine groups is 1. The Kier molecular flexibility index (Phi) is 3.78. The van der Waals surface area contributed by atoms with E-state index in [1.807, 2.05) is 0 Å². The molecule has 0 amide bonds. The fourth-order valence-corrected chi connectivity index (χ4v) is 1.86. The van der Waals surface area contributed by atoms with Crippen LogP contribution in [-0.4, -0.2) is 9.78 Å². The van der Waals surface area contributed by atoms with Gasteiger partial charge in [-0.05, 0) is 24.3 Å². The van der Waals surface area contributed by atoms with E-state index in [1.54, 1.807) is 19.3 Å². The van der Waals surface area contributed by atoms with Crippen molar-refractivity contribution in [1.29, 1.82) is 0 Å². The second-order valence-electron chi connectivity index (χ2n) is 4.25. The van der Waals surface area contributed by atoms with Crippen molar-refractivity contribution in [3.8, 4) is 0 Å². The number of nitrogens with two attached hydrogens (primary N) is 1. The summed E-state index contributed by atoms with van der Waals surface area (Å²) >= 11 is 0. The summed E-state index contributed by atoms with van der Waals surface area (Å²) in [5.74, 6) is 4.54. The number of benzene rings is 1. The number of aromatic nitrogens is 2. The zero-order chi connectivity index (χ0) is 14.9. The molecule has 0 aliphatic carbocycles. The topological polar surface area (TPSA) is 55.9 Å². The number of nitrogens with one attached hydrogen (secondary N) is 1. The van der Waals surface area contributed by atoms with E-state index in [-0.39, 0.29) is 5.56 Å². The highest BCUT2D eigenvalue weighted by atomic mass is 19.4. The monoisotopic (exact) mass is 288 g/mol. The second-order valence-corrected chi connectivity index (χ2v) is 4.25. The first-order chi connectivity index (χ1) is 9.32. The van der Waals surface area contributed by atoms with Crippen LogP contribution in [0.25, 0.3) is 0 Å². The van der Waals surface area contributed by atoms with E-state index >= 15 is 0 Å². The van der Waals surface area contributed by atoms with Gasteiger partial charge >= 0.3 is 6.18 Å². The van der Waals surface area contributed by atoms with Gasteiger partial charge in [0.1, 0.15) is 5.82 Å². The predicted molar refractivity (Wildman–Crippen MR) is 63.8 cm³/mol. The van der Waals surface area contributed by atoms with Crippen LogP contribution in [0.4, 0.5) is 17.6 Å². The first kappa shape index (κ1) is 14.5. The summed E-state index contributed by atoms with van der Waals surface area (Å²) in [6.07, 6.45) is -2.96. The van der Waals surface area contributed by atoms with Crippen LogP contribution in [-0.2, 0) is 13.2 Å². The Morgan fingerprint density at radius 3 is 2.50 bits per heavy atom. The lowest BCUT2D eigenvalue weighted by atomic mass is 10.0. The summed E-state index contributed by atoms with van der Waals surface area (Å²) < 4.78 is 53.3. The molecule has 0 aliphatic heterocycles. The van der Waals surface area contributed by atoms with Gasteiger partial charge in [0.25, 0.3) is 0 Å². The van der Waals surface area contributed by atoms with E-state index in [4.69, 9.17) is 5.84 Å². The maximum absolute atomic E-state index is 13.8. The van der Waals surface area contributed by atoms with Crippen LogP contribution in [0.1, 0.15) is 22.9 Å². The van der Waals surface area contributed by atoms with Crippen molar-refractivity contribution in [2.24, 2.45) is 12.9 Å². The maximum atomic E-state index is 13.8. The Balaban J connectivity index is 2.49. The Morgan fingerprint density at radius 1 is 1.30 bits per heavy atom. The third-order valence-electron chi connectivity index (χ3n) is 2.83. The molecule has 0 fully saturated rings. The molecule has 1 aromatic carbocycles. The Labute approximate surface area is 112 Å². The molecule has 0 saturated carbocycles. The van der Waals surface area contributed by atoms with Gasteiger partial charge in [0.05, 0.1) is 17.3 Å². The van der Waals surface area contributed by atoms with Crippen LogP contribution in [0.3, 0.4) is 0 Å². The Hall–Kier alpha value is -1.93. The third-order valence-corrected chi connectivity index (χ3v) is 2.83. The fourth-order valence-electron chi connectivity index (χ4n) is 1.86. The molecular formula is C12H12F4N4. The molecule has 4 nitrogen and oxygen atoms in total. The lowest BCUT2D eigenvalue weighted by Gasteiger charge is -2.17. The summed E-state index contributed by atoms with van der Waals surface area (Å²) in [6.45, 7) is 0. The molecule has 20 heavy (non-hydrogen) atoms. The summed E-state index contributed by atoms with van der Waals surface area (Å²) in [7, 11) is 1.64. The van der Waals surface area contributed by atoms with E-state index in [2.05, 4.69) is 10.5 Å². The number of hydrogen-bond donors (Lipinski definition) is 2. The minimum Gasteiger partial charge on any atom is -0.275 e. The molecule has 0 saturated heterocycles. The van der Waals surface area contributed by atoms with Gasteiger partial charge in [-0.25, -0.2) is 9.82 Å². The lowest BCUT2D eigenvalue weighted by molar-refractivity contribution is -0.137. The van der Waals surface area contributed by atoms with Crippen molar-refractivity contribution in [3.63, 3.8) is 0 Å². The molecule has 0 bridgehead atoms. The van der Waals surface area contributed by atoms with Crippen molar-refractivity contribution in [2.45, 2.75) is 12.2 Å². The average molecular weight is 288 g/mol. The van der Waals surface area contributed by atoms with Crippen LogP contribution in [0.5, 0.6) is 0 Å². The molecular weight excluding hydrogens is 276 g/mol. The Morgan fingerprint density at radius 2 is 2.00 bits per heavy atom. The van der Waals surface area contributed by atoms with Crippen LogP contribution < -0.4 is 11.3 Å². The van der Waals surface area contributed by atoms with Gasteiger partial charge in [-0.3, -0.25) is 10.5 Å². The molecule has 1 heterocycles. The molecule has 0 radical (unpaired) electrons. The number of halogens is 4. The van der Waals surface area contributed by atoms with E-state index in [0.717, 1.165) is 12.1 Å². The van der Waals surface area contributed by atoms with Crippen LogP contribution in [0.15, 0.2) is 30.5 Å². The summed E-state index contributed by atoms with van der Waals surface area (Å²) in [4.78, 5) is 0. The van der Waals surface area contributed by atoms with Crippen molar-refractivity contribution in [2.75, 3.05) is 0 Å². The Bertz CT molecular complexity index is 606. The average Bonchev–Trinajstić information content (AvgIpc) is 2.77. The molecule has 1 unspecified atom stereocenters. The first-order valence-corrected chi connectivity index (χ1v) is 5.65. The van der Waals surface area contributed by atoms with Crippen molar-refractivity contribution < 1.29 is 17.6 Å². The number of nitrogens with zero attached hydrogens (tertiary/aromatic N) is 2. The van der Waals surface area contributed by atoms with Gasteiger partial charge < -0.3 is 0 Å². The quantitative estimate of drug-likeness (QED) is 0.517. The molecule has 1 aromatic heterocycles. The van der Waals surface area contributed by atoms with E-state index in [1.165, 1.54) is 4.68 Å². The summed E-state index contributed by atoms with van der Waals surface area (Å²) in [5, 5.41) is 4.02. The smallest absolute Gasteiger partial charge is 0.275 e. The van der Waals surface area contributed by atoms with Gasteiger partial charge in [-0.15, -0.1) is 0 Å². The lowest BCUT2D eigenvalue weighted by Crippen LogP contribution is -2.30. The second kappa shape index (κ2) is 5.22.